The quantitative estimate of drug-likeness (QED) is 0.781. The van der Waals surface area contributed by atoms with Gasteiger partial charge in [0.05, 0.1) is 17.5 Å². The molecule has 1 aromatic heterocycles. The van der Waals surface area contributed by atoms with E-state index in [1.807, 2.05) is 0 Å². The Labute approximate surface area is 145 Å². The van der Waals surface area contributed by atoms with Crippen molar-refractivity contribution in [2.45, 2.75) is 25.8 Å². The fraction of sp³-hybridized carbons (Fsp3) is 0.533. The maximum Gasteiger partial charge on any atom is 0.323 e. The monoisotopic (exact) mass is 373 g/mol. The number of pyridine rings is 1. The van der Waals surface area contributed by atoms with Gasteiger partial charge in [0.15, 0.2) is 5.82 Å². The fourth-order valence-corrected chi connectivity index (χ4v) is 3.96. The molecule has 0 radical (unpaired) electrons. The van der Waals surface area contributed by atoms with Crippen LogP contribution in [0.4, 0.5) is 4.39 Å². The molecule has 0 atom stereocenters. The van der Waals surface area contributed by atoms with Crippen LogP contribution in [0.15, 0.2) is 18.5 Å². The highest BCUT2D eigenvalue weighted by Gasteiger charge is 2.33. The molecule has 1 aromatic rings. The number of piperidine rings is 1. The standard InChI is InChI=1S/C15H20FN3O5S/c1-2-25(23,24)18-7-4-11(5-8-18)19(10-14(20)21)15(22)12-3-6-17-9-13(12)16/h3,6,9,11H,2,4-5,7-8,10H2,1H3,(H,20,21). The highest BCUT2D eigenvalue weighted by molar-refractivity contribution is 7.89. The number of aromatic nitrogens is 1. The minimum Gasteiger partial charge on any atom is -0.480 e. The summed E-state index contributed by atoms with van der Waals surface area (Å²) >= 11 is 0. The summed E-state index contributed by atoms with van der Waals surface area (Å²) in [4.78, 5) is 28.4. The Morgan fingerprint density at radius 1 is 1.40 bits per heavy atom. The first kappa shape index (κ1) is 19.3. The molecule has 0 unspecified atom stereocenters. The van der Waals surface area contributed by atoms with Crippen LogP contribution >= 0.6 is 0 Å². The molecule has 1 saturated heterocycles. The third-order valence-electron chi connectivity index (χ3n) is 4.19. The summed E-state index contributed by atoms with van der Waals surface area (Å²) in [6.07, 6.45) is 2.74. The first-order valence-electron chi connectivity index (χ1n) is 7.86. The molecular weight excluding hydrogens is 353 g/mol. The third kappa shape index (κ3) is 4.51. The number of hydrogen-bond acceptors (Lipinski definition) is 5. The van der Waals surface area contributed by atoms with Crippen molar-refractivity contribution < 1.29 is 27.5 Å². The van der Waals surface area contributed by atoms with Crippen LogP contribution in [-0.4, -0.2) is 71.0 Å². The van der Waals surface area contributed by atoms with Crippen LogP contribution in [0.2, 0.25) is 0 Å². The van der Waals surface area contributed by atoms with Gasteiger partial charge in [0.2, 0.25) is 10.0 Å². The molecule has 0 spiro atoms. The third-order valence-corrected chi connectivity index (χ3v) is 6.07. The van der Waals surface area contributed by atoms with E-state index < -0.39 is 40.3 Å². The van der Waals surface area contributed by atoms with Crippen LogP contribution in [0.25, 0.3) is 0 Å². The number of carboxylic acid groups (broad SMARTS) is 1. The molecule has 2 heterocycles. The smallest absolute Gasteiger partial charge is 0.323 e. The number of carboxylic acids is 1. The number of carbonyl (C=O) groups excluding carboxylic acids is 1. The minimum absolute atomic E-state index is 0.0162. The number of hydrogen-bond donors (Lipinski definition) is 1. The van der Waals surface area contributed by atoms with E-state index in [4.69, 9.17) is 5.11 Å². The van der Waals surface area contributed by atoms with Crippen molar-refractivity contribution in [1.29, 1.82) is 0 Å². The SMILES string of the molecule is CCS(=O)(=O)N1CCC(N(CC(=O)O)C(=O)c2ccncc2F)CC1. The number of rotatable bonds is 6. The number of halogens is 1. The second kappa shape index (κ2) is 7.87. The Bertz CT molecular complexity index is 747. The van der Waals surface area contributed by atoms with E-state index in [-0.39, 0.29) is 24.4 Å². The van der Waals surface area contributed by atoms with Gasteiger partial charge >= 0.3 is 5.97 Å². The van der Waals surface area contributed by atoms with Gasteiger partial charge in [-0.15, -0.1) is 0 Å². The topological polar surface area (TPSA) is 108 Å². The van der Waals surface area contributed by atoms with Crippen molar-refractivity contribution >= 4 is 21.9 Å². The molecule has 8 nitrogen and oxygen atoms in total. The lowest BCUT2D eigenvalue weighted by atomic mass is 10.0. The van der Waals surface area contributed by atoms with Crippen molar-refractivity contribution in [1.82, 2.24) is 14.2 Å². The lowest BCUT2D eigenvalue weighted by molar-refractivity contribution is -0.138. The van der Waals surface area contributed by atoms with Gasteiger partial charge in [0.1, 0.15) is 6.54 Å². The first-order valence-corrected chi connectivity index (χ1v) is 9.47. The molecule has 25 heavy (non-hydrogen) atoms. The molecule has 1 N–H and O–H groups in total. The van der Waals surface area contributed by atoms with Gasteiger partial charge in [0.25, 0.3) is 5.91 Å². The van der Waals surface area contributed by atoms with Gasteiger partial charge in [-0.3, -0.25) is 14.6 Å². The average Bonchev–Trinajstić information content (AvgIpc) is 2.59. The predicted octanol–water partition coefficient (Wildman–Crippen LogP) is 0.562. The lowest BCUT2D eigenvalue weighted by Crippen LogP contribution is -2.50. The molecule has 138 valence electrons. The van der Waals surface area contributed by atoms with E-state index in [1.165, 1.54) is 16.6 Å². The Kier molecular flexibility index (Phi) is 6.07. The molecule has 1 amide bonds. The number of aliphatic carboxylic acids is 1. The second-order valence-electron chi connectivity index (χ2n) is 5.71. The van der Waals surface area contributed by atoms with E-state index in [9.17, 15) is 22.4 Å². The summed E-state index contributed by atoms with van der Waals surface area (Å²) in [5.41, 5.74) is -0.250. The van der Waals surface area contributed by atoms with Crippen molar-refractivity contribution in [3.63, 3.8) is 0 Å². The zero-order chi connectivity index (χ0) is 18.6. The van der Waals surface area contributed by atoms with Gasteiger partial charge in [0, 0.05) is 25.3 Å². The zero-order valence-corrected chi connectivity index (χ0v) is 14.6. The van der Waals surface area contributed by atoms with Crippen LogP contribution in [0.5, 0.6) is 0 Å². The molecule has 2 rings (SSSR count). The summed E-state index contributed by atoms with van der Waals surface area (Å²) in [5, 5.41) is 9.09. The number of carbonyl (C=O) groups is 2. The maximum absolute atomic E-state index is 13.8. The van der Waals surface area contributed by atoms with E-state index in [1.54, 1.807) is 6.92 Å². The van der Waals surface area contributed by atoms with Crippen LogP contribution < -0.4 is 0 Å². The largest absolute Gasteiger partial charge is 0.480 e. The number of nitrogens with zero attached hydrogens (tertiary/aromatic N) is 3. The second-order valence-corrected chi connectivity index (χ2v) is 7.97. The summed E-state index contributed by atoms with van der Waals surface area (Å²) in [6, 6.07) is 0.725. The van der Waals surface area contributed by atoms with E-state index in [0.29, 0.717) is 12.8 Å². The van der Waals surface area contributed by atoms with Crippen molar-refractivity contribution in [2.24, 2.45) is 0 Å². The van der Waals surface area contributed by atoms with Crippen LogP contribution in [-0.2, 0) is 14.8 Å². The minimum atomic E-state index is -3.33. The normalized spacial score (nSPS) is 16.6. The summed E-state index contributed by atoms with van der Waals surface area (Å²) in [7, 11) is -3.33. The van der Waals surface area contributed by atoms with Crippen LogP contribution in [0, 0.1) is 5.82 Å². The molecule has 10 heteroatoms. The van der Waals surface area contributed by atoms with E-state index >= 15 is 0 Å². The Morgan fingerprint density at radius 2 is 2.04 bits per heavy atom. The van der Waals surface area contributed by atoms with Gasteiger partial charge in [-0.05, 0) is 25.8 Å². The molecule has 1 fully saturated rings. The Balaban J connectivity index is 2.18. The Morgan fingerprint density at radius 3 is 2.56 bits per heavy atom. The van der Waals surface area contributed by atoms with Crippen molar-refractivity contribution in [3.05, 3.63) is 29.8 Å². The van der Waals surface area contributed by atoms with E-state index in [0.717, 1.165) is 11.1 Å². The Hall–Kier alpha value is -2.07. The molecule has 1 aliphatic heterocycles. The van der Waals surface area contributed by atoms with Gasteiger partial charge in [-0.25, -0.2) is 17.1 Å². The summed E-state index contributed by atoms with van der Waals surface area (Å²) in [5.74, 6) is -2.79. The highest BCUT2D eigenvalue weighted by Crippen LogP contribution is 2.21. The van der Waals surface area contributed by atoms with Crippen LogP contribution in [0.1, 0.15) is 30.1 Å². The maximum atomic E-state index is 13.8. The molecule has 1 aliphatic rings. The molecular formula is C15H20FN3O5S. The molecule has 0 saturated carbocycles. The van der Waals surface area contributed by atoms with Gasteiger partial charge in [-0.1, -0.05) is 0 Å². The predicted molar refractivity (Wildman–Crippen MR) is 86.9 cm³/mol. The highest BCUT2D eigenvalue weighted by atomic mass is 32.2. The zero-order valence-electron chi connectivity index (χ0n) is 13.8. The van der Waals surface area contributed by atoms with Gasteiger partial charge < -0.3 is 10.0 Å². The fourth-order valence-electron chi connectivity index (χ4n) is 2.83. The summed E-state index contributed by atoms with van der Waals surface area (Å²) in [6.45, 7) is 1.37. The van der Waals surface area contributed by atoms with Crippen LogP contribution in [0.3, 0.4) is 0 Å². The molecule has 0 aliphatic carbocycles. The lowest BCUT2D eigenvalue weighted by Gasteiger charge is -2.37. The molecule has 0 bridgehead atoms. The van der Waals surface area contributed by atoms with Gasteiger partial charge in [-0.2, -0.15) is 0 Å². The molecule has 0 aromatic carbocycles. The number of sulfonamides is 1. The average molecular weight is 373 g/mol. The van der Waals surface area contributed by atoms with E-state index in [2.05, 4.69) is 4.98 Å². The van der Waals surface area contributed by atoms with Crippen molar-refractivity contribution in [2.75, 3.05) is 25.4 Å². The first-order chi connectivity index (χ1) is 11.8. The van der Waals surface area contributed by atoms with Crippen molar-refractivity contribution in [3.8, 4) is 0 Å². The number of amides is 1. The summed E-state index contributed by atoms with van der Waals surface area (Å²) < 4.78 is 39.0.